The second kappa shape index (κ2) is 7.46. The molecule has 3 aromatic rings. The zero-order chi connectivity index (χ0) is 16.8. The second-order valence-electron chi connectivity index (χ2n) is 5.53. The van der Waals surface area contributed by atoms with Gasteiger partial charge in [0.1, 0.15) is 5.75 Å². The van der Waals surface area contributed by atoms with E-state index in [0.29, 0.717) is 12.1 Å². The number of hydrogen-bond acceptors (Lipinski definition) is 3. The minimum Gasteiger partial charge on any atom is -0.508 e. The molecule has 2 aromatic carbocycles. The normalized spacial score (nSPS) is 10.5. The number of aryl methyl sites for hydroxylation is 1. The molecular formula is C19H19N3O2. The molecule has 0 fully saturated rings. The highest BCUT2D eigenvalue weighted by Crippen LogP contribution is 2.11. The lowest BCUT2D eigenvalue weighted by atomic mass is 10.1. The average molecular weight is 321 g/mol. The topological polar surface area (TPSA) is 67.2 Å². The van der Waals surface area contributed by atoms with E-state index in [1.807, 2.05) is 42.6 Å². The van der Waals surface area contributed by atoms with Crippen LogP contribution >= 0.6 is 0 Å². The van der Waals surface area contributed by atoms with Crippen LogP contribution in [0.4, 0.5) is 0 Å². The Morgan fingerprint density at radius 2 is 1.96 bits per heavy atom. The molecule has 0 saturated carbocycles. The summed E-state index contributed by atoms with van der Waals surface area (Å²) in [6, 6.07) is 16.4. The van der Waals surface area contributed by atoms with Gasteiger partial charge in [0.2, 0.25) is 0 Å². The van der Waals surface area contributed by atoms with Crippen LogP contribution in [-0.4, -0.2) is 27.3 Å². The maximum atomic E-state index is 12.2. The van der Waals surface area contributed by atoms with Crippen molar-refractivity contribution < 1.29 is 9.90 Å². The van der Waals surface area contributed by atoms with E-state index in [-0.39, 0.29) is 11.7 Å². The van der Waals surface area contributed by atoms with Crippen molar-refractivity contribution in [1.29, 1.82) is 0 Å². The Hall–Kier alpha value is -3.08. The van der Waals surface area contributed by atoms with Crippen molar-refractivity contribution in [3.63, 3.8) is 0 Å². The second-order valence-corrected chi connectivity index (χ2v) is 5.53. The van der Waals surface area contributed by atoms with E-state index >= 15 is 0 Å². The smallest absolute Gasteiger partial charge is 0.251 e. The number of amides is 1. The molecule has 0 aliphatic carbocycles. The van der Waals surface area contributed by atoms with Gasteiger partial charge < -0.3 is 10.4 Å². The first-order valence-electron chi connectivity index (χ1n) is 7.88. The number of phenols is 1. The molecule has 122 valence electrons. The van der Waals surface area contributed by atoms with Gasteiger partial charge in [-0.25, -0.2) is 4.68 Å². The zero-order valence-electron chi connectivity index (χ0n) is 13.2. The van der Waals surface area contributed by atoms with Crippen molar-refractivity contribution in [2.24, 2.45) is 0 Å². The molecule has 0 aliphatic heterocycles. The maximum Gasteiger partial charge on any atom is 0.251 e. The van der Waals surface area contributed by atoms with Crippen molar-refractivity contribution in [3.05, 3.63) is 78.1 Å². The van der Waals surface area contributed by atoms with Gasteiger partial charge in [-0.2, -0.15) is 5.10 Å². The van der Waals surface area contributed by atoms with Crippen LogP contribution in [0.25, 0.3) is 5.69 Å². The fourth-order valence-corrected chi connectivity index (χ4v) is 2.47. The Morgan fingerprint density at radius 1 is 1.12 bits per heavy atom. The van der Waals surface area contributed by atoms with Gasteiger partial charge in [-0.15, -0.1) is 0 Å². The molecule has 0 radical (unpaired) electrons. The third kappa shape index (κ3) is 4.01. The fraction of sp³-hybridized carbons (Fsp3) is 0.158. The van der Waals surface area contributed by atoms with Crippen LogP contribution < -0.4 is 5.32 Å². The van der Waals surface area contributed by atoms with Crippen LogP contribution in [0.3, 0.4) is 0 Å². The van der Waals surface area contributed by atoms with E-state index in [4.69, 9.17) is 0 Å². The number of benzene rings is 2. The van der Waals surface area contributed by atoms with Crippen molar-refractivity contribution in [2.75, 3.05) is 6.54 Å². The first-order chi connectivity index (χ1) is 11.7. The van der Waals surface area contributed by atoms with Gasteiger partial charge in [-0.05, 0) is 54.8 Å². The molecule has 5 heteroatoms. The summed E-state index contributed by atoms with van der Waals surface area (Å²) in [6.45, 7) is 0.603. The molecule has 0 spiro atoms. The standard InChI is InChI=1S/C19H19N3O2/c23-18-9-7-15(8-10-18)4-2-11-20-19(24)16-5-1-6-17(14-16)22-13-3-12-21-22/h1,3,5-10,12-14,23H,2,4,11H2,(H,20,24). The van der Waals surface area contributed by atoms with E-state index in [2.05, 4.69) is 10.4 Å². The van der Waals surface area contributed by atoms with Gasteiger partial charge in [-0.1, -0.05) is 18.2 Å². The van der Waals surface area contributed by atoms with Gasteiger partial charge in [0, 0.05) is 24.5 Å². The summed E-state index contributed by atoms with van der Waals surface area (Å²) in [5.41, 5.74) is 2.62. The summed E-state index contributed by atoms with van der Waals surface area (Å²) in [5.74, 6) is 0.179. The largest absolute Gasteiger partial charge is 0.508 e. The van der Waals surface area contributed by atoms with Gasteiger partial charge >= 0.3 is 0 Å². The van der Waals surface area contributed by atoms with Crippen molar-refractivity contribution in [3.8, 4) is 11.4 Å². The van der Waals surface area contributed by atoms with Gasteiger partial charge in [0.25, 0.3) is 5.91 Å². The van der Waals surface area contributed by atoms with Crippen LogP contribution in [0.15, 0.2) is 67.0 Å². The number of rotatable bonds is 6. The Labute approximate surface area is 140 Å². The number of nitrogens with one attached hydrogen (secondary N) is 1. The number of aromatic hydroxyl groups is 1. The molecule has 1 heterocycles. The Morgan fingerprint density at radius 3 is 2.71 bits per heavy atom. The number of nitrogens with zero attached hydrogens (tertiary/aromatic N) is 2. The number of phenolic OH excluding ortho intramolecular Hbond substituents is 1. The van der Waals surface area contributed by atoms with Crippen LogP contribution in [0.2, 0.25) is 0 Å². The molecule has 0 atom stereocenters. The monoisotopic (exact) mass is 321 g/mol. The molecule has 0 bridgehead atoms. The highest BCUT2D eigenvalue weighted by molar-refractivity contribution is 5.94. The summed E-state index contributed by atoms with van der Waals surface area (Å²) in [6.07, 6.45) is 5.24. The minimum atomic E-state index is -0.0882. The minimum absolute atomic E-state index is 0.0882. The number of hydrogen-bond donors (Lipinski definition) is 2. The predicted octanol–water partition coefficient (Wildman–Crippen LogP) is 2.94. The summed E-state index contributed by atoms with van der Waals surface area (Å²) in [5, 5.41) is 16.4. The molecule has 2 N–H and O–H groups in total. The Kier molecular flexibility index (Phi) is 4.91. The molecule has 0 unspecified atom stereocenters. The number of carbonyl (C=O) groups is 1. The molecule has 5 nitrogen and oxygen atoms in total. The molecule has 1 aromatic heterocycles. The van der Waals surface area contributed by atoms with Gasteiger partial charge in [0.15, 0.2) is 0 Å². The summed E-state index contributed by atoms with van der Waals surface area (Å²) < 4.78 is 1.72. The molecule has 0 saturated heterocycles. The average Bonchev–Trinajstić information content (AvgIpc) is 3.15. The fourth-order valence-electron chi connectivity index (χ4n) is 2.47. The Balaban J connectivity index is 1.52. The quantitative estimate of drug-likeness (QED) is 0.686. The van der Waals surface area contributed by atoms with Crippen molar-refractivity contribution >= 4 is 5.91 Å². The maximum absolute atomic E-state index is 12.2. The molecule has 24 heavy (non-hydrogen) atoms. The highest BCUT2D eigenvalue weighted by atomic mass is 16.3. The molecule has 3 rings (SSSR count). The summed E-state index contributed by atoms with van der Waals surface area (Å²) >= 11 is 0. The lowest BCUT2D eigenvalue weighted by molar-refractivity contribution is 0.0953. The first-order valence-corrected chi connectivity index (χ1v) is 7.88. The zero-order valence-corrected chi connectivity index (χ0v) is 13.2. The summed E-state index contributed by atoms with van der Waals surface area (Å²) in [4.78, 5) is 12.2. The Bertz CT molecular complexity index is 796. The highest BCUT2D eigenvalue weighted by Gasteiger charge is 2.06. The van der Waals surface area contributed by atoms with Crippen LogP contribution in [0.5, 0.6) is 5.75 Å². The van der Waals surface area contributed by atoms with Crippen LogP contribution in [-0.2, 0) is 6.42 Å². The molecule has 0 aliphatic rings. The summed E-state index contributed by atoms with van der Waals surface area (Å²) in [7, 11) is 0. The van der Waals surface area contributed by atoms with E-state index < -0.39 is 0 Å². The van der Waals surface area contributed by atoms with E-state index in [9.17, 15) is 9.90 Å². The molecule has 1 amide bonds. The van der Waals surface area contributed by atoms with E-state index in [1.54, 1.807) is 29.1 Å². The third-order valence-electron chi connectivity index (χ3n) is 3.74. The first kappa shape index (κ1) is 15.8. The van der Waals surface area contributed by atoms with Crippen molar-refractivity contribution in [1.82, 2.24) is 15.1 Å². The van der Waals surface area contributed by atoms with Gasteiger partial charge in [0.05, 0.1) is 5.69 Å². The lowest BCUT2D eigenvalue weighted by Gasteiger charge is -2.07. The van der Waals surface area contributed by atoms with Gasteiger partial charge in [-0.3, -0.25) is 4.79 Å². The van der Waals surface area contributed by atoms with Crippen LogP contribution in [0.1, 0.15) is 22.3 Å². The third-order valence-corrected chi connectivity index (χ3v) is 3.74. The predicted molar refractivity (Wildman–Crippen MR) is 92.3 cm³/mol. The van der Waals surface area contributed by atoms with E-state index in [0.717, 1.165) is 24.1 Å². The lowest BCUT2D eigenvalue weighted by Crippen LogP contribution is -2.24. The van der Waals surface area contributed by atoms with E-state index in [1.165, 1.54) is 0 Å². The van der Waals surface area contributed by atoms with Crippen molar-refractivity contribution in [2.45, 2.75) is 12.8 Å². The number of carbonyl (C=O) groups excluding carboxylic acids is 1. The number of aromatic nitrogens is 2. The molecular weight excluding hydrogens is 302 g/mol. The van der Waals surface area contributed by atoms with Crippen LogP contribution in [0, 0.1) is 0 Å². The SMILES string of the molecule is O=C(NCCCc1ccc(O)cc1)c1cccc(-n2cccn2)c1.